The van der Waals surface area contributed by atoms with Gasteiger partial charge in [-0.25, -0.2) is 4.79 Å². The van der Waals surface area contributed by atoms with Crippen LogP contribution < -0.4 is 0 Å². The number of allylic oxidation sites excluding steroid dienone is 10. The van der Waals surface area contributed by atoms with Crippen molar-refractivity contribution in [2.75, 3.05) is 0 Å². The third-order valence-corrected chi connectivity index (χ3v) is 5.78. The number of carboxylic acid groups (broad SMARTS) is 1. The largest absolute Gasteiger partial charge is 0.478 e. The summed E-state index contributed by atoms with van der Waals surface area (Å²) in [7, 11) is 0. The summed E-state index contributed by atoms with van der Waals surface area (Å²) in [5.74, 6) is -0.924. The van der Waals surface area contributed by atoms with E-state index in [0.29, 0.717) is 6.42 Å². The summed E-state index contributed by atoms with van der Waals surface area (Å²) in [6.07, 6.45) is 18.7. The van der Waals surface area contributed by atoms with E-state index in [2.05, 4.69) is 0 Å². The monoisotopic (exact) mass is 400 g/mol. The molecule has 0 aromatic heterocycles. The molecule has 29 heavy (non-hydrogen) atoms. The molecule has 0 saturated heterocycles. The molecule has 1 aliphatic carbocycles. The number of aliphatic hydroxyl groups is 2. The van der Waals surface area contributed by atoms with E-state index >= 15 is 0 Å². The number of carbonyl (C=O) groups is 1. The van der Waals surface area contributed by atoms with Gasteiger partial charge >= 0.3 is 5.97 Å². The van der Waals surface area contributed by atoms with Crippen LogP contribution in [-0.2, 0) is 4.79 Å². The minimum atomic E-state index is -1.28. The number of carboxylic acids is 1. The third kappa shape index (κ3) is 6.69. The predicted octanol–water partition coefficient (Wildman–Crippen LogP) is 5.27. The van der Waals surface area contributed by atoms with Gasteiger partial charge in [-0.3, -0.25) is 0 Å². The van der Waals surface area contributed by atoms with Gasteiger partial charge in [0.2, 0.25) is 0 Å². The van der Waals surface area contributed by atoms with Crippen molar-refractivity contribution in [3.8, 4) is 0 Å². The molecule has 2 atom stereocenters. The zero-order valence-corrected chi connectivity index (χ0v) is 18.6. The highest BCUT2D eigenvalue weighted by atomic mass is 16.4. The Hall–Kier alpha value is -2.17. The van der Waals surface area contributed by atoms with Crippen molar-refractivity contribution in [3.05, 3.63) is 71.4 Å². The van der Waals surface area contributed by atoms with Crippen molar-refractivity contribution in [2.45, 2.75) is 72.0 Å². The summed E-state index contributed by atoms with van der Waals surface area (Å²) in [6, 6.07) is 0. The van der Waals surface area contributed by atoms with Crippen LogP contribution in [0.25, 0.3) is 0 Å². The highest BCUT2D eigenvalue weighted by Crippen LogP contribution is 2.50. The third-order valence-electron chi connectivity index (χ3n) is 5.78. The second-order valence-electron chi connectivity index (χ2n) is 8.83. The molecule has 3 N–H and O–H groups in total. The van der Waals surface area contributed by atoms with Crippen molar-refractivity contribution >= 4 is 5.97 Å². The van der Waals surface area contributed by atoms with Gasteiger partial charge in [0.15, 0.2) is 0 Å². The first-order chi connectivity index (χ1) is 13.3. The Labute approximate surface area is 175 Å². The van der Waals surface area contributed by atoms with E-state index in [1.54, 1.807) is 38.2 Å². The SMILES string of the molecule is CC(C=CC=C(C)C=CC1(O)C(C)(C)CCCC1(C)O)=CC=CC=C(C)C(=O)O. The summed E-state index contributed by atoms with van der Waals surface area (Å²) in [5.41, 5.74) is -0.559. The van der Waals surface area contributed by atoms with Crippen LogP contribution in [0.15, 0.2) is 71.4 Å². The molecule has 1 aliphatic rings. The van der Waals surface area contributed by atoms with Crippen molar-refractivity contribution in [2.24, 2.45) is 5.41 Å². The summed E-state index contributed by atoms with van der Waals surface area (Å²) < 4.78 is 0. The lowest BCUT2D eigenvalue weighted by Crippen LogP contribution is -2.62. The van der Waals surface area contributed by atoms with Gasteiger partial charge in [-0.2, -0.15) is 0 Å². The van der Waals surface area contributed by atoms with Crippen molar-refractivity contribution < 1.29 is 20.1 Å². The maximum absolute atomic E-state index is 11.2. The normalized spacial score (nSPS) is 29.3. The van der Waals surface area contributed by atoms with Crippen LogP contribution in [0.1, 0.15) is 60.8 Å². The molecule has 0 bridgehead atoms. The van der Waals surface area contributed by atoms with Gasteiger partial charge in [-0.15, -0.1) is 0 Å². The van der Waals surface area contributed by atoms with Gasteiger partial charge in [0.05, 0.1) is 5.60 Å². The molecule has 1 saturated carbocycles. The van der Waals surface area contributed by atoms with Gasteiger partial charge in [-0.1, -0.05) is 73.6 Å². The molecular weight excluding hydrogens is 364 g/mol. The van der Waals surface area contributed by atoms with Gasteiger partial charge in [-0.05, 0) is 58.4 Å². The second-order valence-corrected chi connectivity index (χ2v) is 8.83. The Balaban J connectivity index is 2.82. The summed E-state index contributed by atoms with van der Waals surface area (Å²) in [5, 5.41) is 30.8. The lowest BCUT2D eigenvalue weighted by atomic mass is 9.58. The van der Waals surface area contributed by atoms with E-state index in [9.17, 15) is 15.0 Å². The molecule has 160 valence electrons. The fourth-order valence-corrected chi connectivity index (χ4v) is 3.58. The molecule has 0 spiro atoms. The first-order valence-electron chi connectivity index (χ1n) is 10.1. The van der Waals surface area contributed by atoms with Crippen LogP contribution in [-0.4, -0.2) is 32.5 Å². The van der Waals surface area contributed by atoms with E-state index in [4.69, 9.17) is 5.11 Å². The van der Waals surface area contributed by atoms with Crippen molar-refractivity contribution in [1.29, 1.82) is 0 Å². The lowest BCUT2D eigenvalue weighted by Gasteiger charge is -2.53. The van der Waals surface area contributed by atoms with Crippen LogP contribution in [0, 0.1) is 5.41 Å². The first kappa shape index (κ1) is 24.9. The van der Waals surface area contributed by atoms with Crippen LogP contribution >= 0.6 is 0 Å². The Morgan fingerprint density at radius 1 is 0.828 bits per heavy atom. The van der Waals surface area contributed by atoms with E-state index in [0.717, 1.165) is 24.0 Å². The fourth-order valence-electron chi connectivity index (χ4n) is 3.58. The van der Waals surface area contributed by atoms with Crippen LogP contribution in [0.3, 0.4) is 0 Å². The molecule has 4 heteroatoms. The molecule has 0 heterocycles. The standard InChI is InChI=1S/C25H36O4/c1-19(11-7-8-14-21(3)22(26)27)12-9-13-20(2)15-18-25(29)23(4,5)16-10-17-24(25,6)28/h7-9,11-15,18,28-29H,10,16-17H2,1-6H3,(H,26,27). The maximum Gasteiger partial charge on any atom is 0.331 e. The van der Waals surface area contributed by atoms with E-state index in [1.807, 2.05) is 58.1 Å². The zero-order chi connectivity index (χ0) is 22.3. The van der Waals surface area contributed by atoms with Crippen LogP contribution in [0.5, 0.6) is 0 Å². The first-order valence-corrected chi connectivity index (χ1v) is 10.1. The molecular formula is C25H36O4. The minimum Gasteiger partial charge on any atom is -0.478 e. The fraction of sp³-hybridized carbons (Fsp3) is 0.480. The Kier molecular flexibility index (Phi) is 8.61. The minimum absolute atomic E-state index is 0.287. The quantitative estimate of drug-likeness (QED) is 0.402. The number of hydrogen-bond acceptors (Lipinski definition) is 3. The van der Waals surface area contributed by atoms with E-state index < -0.39 is 22.6 Å². The molecule has 0 amide bonds. The zero-order valence-electron chi connectivity index (χ0n) is 18.6. The average molecular weight is 401 g/mol. The van der Waals surface area contributed by atoms with Crippen LogP contribution in [0.2, 0.25) is 0 Å². The molecule has 0 aromatic carbocycles. The van der Waals surface area contributed by atoms with Crippen molar-refractivity contribution in [1.82, 2.24) is 0 Å². The molecule has 1 fully saturated rings. The Morgan fingerprint density at radius 2 is 1.38 bits per heavy atom. The van der Waals surface area contributed by atoms with Gasteiger partial charge in [0.1, 0.15) is 5.60 Å². The maximum atomic E-state index is 11.2. The topological polar surface area (TPSA) is 77.8 Å². The molecule has 0 aromatic rings. The van der Waals surface area contributed by atoms with Crippen molar-refractivity contribution in [3.63, 3.8) is 0 Å². The average Bonchev–Trinajstić information content (AvgIpc) is 2.61. The molecule has 1 rings (SSSR count). The Bertz CT molecular complexity index is 755. The summed E-state index contributed by atoms with van der Waals surface area (Å²) >= 11 is 0. The predicted molar refractivity (Wildman–Crippen MR) is 120 cm³/mol. The second kappa shape index (κ2) is 10.0. The van der Waals surface area contributed by atoms with E-state index in [-0.39, 0.29) is 5.57 Å². The number of rotatable bonds is 7. The highest BCUT2D eigenvalue weighted by molar-refractivity contribution is 5.86. The summed E-state index contributed by atoms with van der Waals surface area (Å²) in [4.78, 5) is 10.7. The van der Waals surface area contributed by atoms with E-state index in [1.165, 1.54) is 0 Å². The highest BCUT2D eigenvalue weighted by Gasteiger charge is 2.56. The molecule has 4 nitrogen and oxygen atoms in total. The smallest absolute Gasteiger partial charge is 0.331 e. The summed E-state index contributed by atoms with van der Waals surface area (Å²) in [6.45, 7) is 11.2. The Morgan fingerprint density at radius 3 is 1.97 bits per heavy atom. The van der Waals surface area contributed by atoms with Gasteiger partial charge in [0, 0.05) is 5.57 Å². The van der Waals surface area contributed by atoms with Crippen LogP contribution in [0.4, 0.5) is 0 Å². The number of hydrogen-bond donors (Lipinski definition) is 3. The van der Waals surface area contributed by atoms with Gasteiger partial charge < -0.3 is 15.3 Å². The molecule has 0 radical (unpaired) electrons. The molecule has 0 aliphatic heterocycles. The number of aliphatic carboxylic acids is 1. The van der Waals surface area contributed by atoms with Gasteiger partial charge in [0.25, 0.3) is 0 Å². The lowest BCUT2D eigenvalue weighted by molar-refractivity contribution is -0.194. The molecule has 2 unspecified atom stereocenters.